The van der Waals surface area contributed by atoms with Crippen LogP contribution < -0.4 is 16.0 Å². The number of nitrogens with zero attached hydrogens (tertiary/aromatic N) is 4. The van der Waals surface area contributed by atoms with E-state index in [-0.39, 0.29) is 12.3 Å². The smallest absolute Gasteiger partial charge is 0.331 e. The third-order valence-electron chi connectivity index (χ3n) is 6.33. The molecule has 0 aliphatic carbocycles. The van der Waals surface area contributed by atoms with Gasteiger partial charge in [-0.25, -0.2) is 4.79 Å². The summed E-state index contributed by atoms with van der Waals surface area (Å²) < 4.78 is 15.8. The van der Waals surface area contributed by atoms with Gasteiger partial charge in [0.25, 0.3) is 11.2 Å². The molecule has 10 nitrogen and oxygen atoms in total. The van der Waals surface area contributed by atoms with Gasteiger partial charge >= 0.3 is 5.69 Å². The van der Waals surface area contributed by atoms with Crippen LogP contribution in [0.1, 0.15) is 17.4 Å². The lowest BCUT2D eigenvalue weighted by Gasteiger charge is -2.27. The molecule has 0 saturated heterocycles. The Morgan fingerprint density at radius 1 is 1.06 bits per heavy atom. The van der Waals surface area contributed by atoms with E-state index in [1.165, 1.54) is 17.7 Å². The molecule has 1 aliphatic heterocycles. The largest absolute Gasteiger partial charge is 0.497 e. The van der Waals surface area contributed by atoms with Crippen molar-refractivity contribution in [1.29, 1.82) is 0 Å². The molecule has 10 heteroatoms. The molecule has 3 heterocycles. The number of hydrogen-bond donors (Lipinski definition) is 0. The number of methoxy groups -OCH3 is 1. The fourth-order valence-corrected chi connectivity index (χ4v) is 4.74. The Morgan fingerprint density at radius 2 is 1.76 bits per heavy atom. The molecule has 5 rings (SSSR count). The number of aromatic nitrogens is 3. The van der Waals surface area contributed by atoms with E-state index in [0.717, 1.165) is 10.1 Å². The van der Waals surface area contributed by atoms with Crippen molar-refractivity contribution >= 4 is 16.6 Å². The van der Waals surface area contributed by atoms with E-state index in [2.05, 4.69) is 0 Å². The van der Waals surface area contributed by atoms with Crippen molar-refractivity contribution in [3.63, 3.8) is 0 Å². The molecule has 2 aromatic heterocycles. The van der Waals surface area contributed by atoms with Gasteiger partial charge in [-0.05, 0) is 35.9 Å². The number of nitro groups is 1. The van der Waals surface area contributed by atoms with E-state index < -0.39 is 22.3 Å². The molecule has 0 saturated carbocycles. The average Bonchev–Trinajstić information content (AvgIpc) is 3.21. The van der Waals surface area contributed by atoms with E-state index in [1.54, 1.807) is 44.5 Å². The van der Waals surface area contributed by atoms with Gasteiger partial charge in [0.15, 0.2) is 0 Å². The highest BCUT2D eigenvalue weighted by atomic mass is 16.6. The Bertz CT molecular complexity index is 1560. The summed E-state index contributed by atoms with van der Waals surface area (Å²) in [5, 5.41) is 12.1. The highest BCUT2D eigenvalue weighted by molar-refractivity contribution is 5.96. The van der Waals surface area contributed by atoms with E-state index >= 15 is 0 Å². The number of hydrogen-bond acceptors (Lipinski definition) is 6. The van der Waals surface area contributed by atoms with Crippen LogP contribution in [-0.4, -0.2) is 32.3 Å². The van der Waals surface area contributed by atoms with Crippen LogP contribution >= 0.6 is 0 Å². The summed E-state index contributed by atoms with van der Waals surface area (Å²) in [5.74, 6) is 0.667. The summed E-state index contributed by atoms with van der Waals surface area (Å²) in [6.45, 7) is 0.696. The predicted octanol–water partition coefficient (Wildman–Crippen LogP) is 2.74. The van der Waals surface area contributed by atoms with Gasteiger partial charge in [0.1, 0.15) is 11.9 Å². The zero-order valence-corrected chi connectivity index (χ0v) is 18.8. The fraction of sp³-hybridized carbons (Fsp3) is 0.250. The van der Waals surface area contributed by atoms with Gasteiger partial charge in [0, 0.05) is 26.7 Å². The second-order valence-electron chi connectivity index (χ2n) is 8.11. The van der Waals surface area contributed by atoms with Crippen molar-refractivity contribution in [2.24, 2.45) is 14.1 Å². The number of ether oxygens (including phenoxy) is 2. The third-order valence-corrected chi connectivity index (χ3v) is 6.33. The lowest BCUT2D eigenvalue weighted by Crippen LogP contribution is -2.37. The van der Waals surface area contributed by atoms with Crippen LogP contribution in [0.4, 0.5) is 5.69 Å². The minimum Gasteiger partial charge on any atom is -0.497 e. The Hall–Kier alpha value is -4.18. The number of para-hydroxylation sites is 1. The van der Waals surface area contributed by atoms with Gasteiger partial charge in [-0.1, -0.05) is 12.1 Å². The van der Waals surface area contributed by atoms with Gasteiger partial charge in [-0.15, -0.1) is 0 Å². The van der Waals surface area contributed by atoms with E-state index in [4.69, 9.17) is 9.47 Å². The molecule has 0 bridgehead atoms. The molecule has 0 amide bonds. The number of fused-ring (bicyclic) bond motifs is 3. The molecule has 1 aliphatic rings. The number of benzene rings is 2. The molecule has 2 aromatic carbocycles. The molecular formula is C24H22N4O6. The predicted molar refractivity (Wildman–Crippen MR) is 125 cm³/mol. The summed E-state index contributed by atoms with van der Waals surface area (Å²) in [5.41, 5.74) is 1.69. The van der Waals surface area contributed by atoms with Crippen LogP contribution in [0.2, 0.25) is 0 Å². The van der Waals surface area contributed by atoms with Crippen LogP contribution in [0.3, 0.4) is 0 Å². The first-order valence-corrected chi connectivity index (χ1v) is 10.7. The Balaban J connectivity index is 1.92. The minimum absolute atomic E-state index is 0.0878. The normalized spacial score (nSPS) is 15.3. The summed E-state index contributed by atoms with van der Waals surface area (Å²) >= 11 is 0. The van der Waals surface area contributed by atoms with Crippen molar-refractivity contribution in [3.8, 4) is 17.0 Å². The minimum atomic E-state index is -0.831. The maximum atomic E-state index is 13.4. The second kappa shape index (κ2) is 7.99. The molecule has 1 unspecified atom stereocenters. The first-order chi connectivity index (χ1) is 16.3. The number of aryl methyl sites for hydroxylation is 1. The molecule has 0 fully saturated rings. The Morgan fingerprint density at radius 3 is 2.44 bits per heavy atom. The molecule has 0 radical (unpaired) electrons. The van der Waals surface area contributed by atoms with Crippen molar-refractivity contribution in [1.82, 2.24) is 13.7 Å². The Kier molecular flexibility index (Phi) is 5.09. The summed E-state index contributed by atoms with van der Waals surface area (Å²) in [6, 6.07) is 13.7. The number of nitro benzene ring substituents is 1. The molecule has 0 spiro atoms. The van der Waals surface area contributed by atoms with E-state index in [1.807, 2.05) is 16.7 Å². The van der Waals surface area contributed by atoms with Gasteiger partial charge in [-0.3, -0.25) is 24.0 Å². The highest BCUT2D eigenvalue weighted by Gasteiger charge is 2.35. The monoisotopic (exact) mass is 462 g/mol. The van der Waals surface area contributed by atoms with Crippen molar-refractivity contribution in [3.05, 3.63) is 90.7 Å². The third kappa shape index (κ3) is 3.06. The van der Waals surface area contributed by atoms with Crippen LogP contribution in [0, 0.1) is 10.1 Å². The lowest BCUT2D eigenvalue weighted by atomic mass is 10.0. The highest BCUT2D eigenvalue weighted by Crippen LogP contribution is 2.42. The lowest BCUT2D eigenvalue weighted by molar-refractivity contribution is -0.386. The maximum Gasteiger partial charge on any atom is 0.331 e. The van der Waals surface area contributed by atoms with Crippen molar-refractivity contribution in [2.75, 3.05) is 13.7 Å². The van der Waals surface area contributed by atoms with Crippen LogP contribution in [0.15, 0.2) is 58.1 Å². The number of rotatable bonds is 4. The first-order valence-electron chi connectivity index (χ1n) is 10.7. The quantitative estimate of drug-likeness (QED) is 0.341. The standard InChI is InChI=1S/C24H22N4O6/c1-25-20-18(23(29)26(2)24(25)30)19(14-8-10-15(33-3)11-9-14)27-12-13-34-22(21(20)27)16-6-4-5-7-17(16)28(31)32/h4-11,22H,12-13H2,1-3H3. The molecule has 0 N–H and O–H groups in total. The van der Waals surface area contributed by atoms with Gasteiger partial charge in [0.2, 0.25) is 0 Å². The summed E-state index contributed by atoms with van der Waals surface area (Å²) in [6.07, 6.45) is -0.831. The van der Waals surface area contributed by atoms with Crippen LogP contribution in [0.25, 0.3) is 22.2 Å². The van der Waals surface area contributed by atoms with E-state index in [0.29, 0.717) is 40.1 Å². The zero-order valence-electron chi connectivity index (χ0n) is 18.8. The second-order valence-corrected chi connectivity index (χ2v) is 8.11. The summed E-state index contributed by atoms with van der Waals surface area (Å²) in [7, 11) is 4.60. The molecule has 4 aromatic rings. The first kappa shape index (κ1) is 21.7. The van der Waals surface area contributed by atoms with E-state index in [9.17, 15) is 19.7 Å². The average molecular weight is 462 g/mol. The van der Waals surface area contributed by atoms with Crippen LogP contribution in [-0.2, 0) is 25.4 Å². The zero-order chi connectivity index (χ0) is 24.1. The molecule has 1 atom stereocenters. The fourth-order valence-electron chi connectivity index (χ4n) is 4.74. The SMILES string of the molecule is COc1ccc(-c2c3c(=O)n(C)c(=O)n(C)c3c3n2CCOC3c2ccccc2[N+](=O)[O-])cc1. The summed E-state index contributed by atoms with van der Waals surface area (Å²) in [4.78, 5) is 37.6. The maximum absolute atomic E-state index is 13.4. The molecular weight excluding hydrogens is 440 g/mol. The topological polar surface area (TPSA) is 111 Å². The van der Waals surface area contributed by atoms with Gasteiger partial charge in [-0.2, -0.15) is 0 Å². The van der Waals surface area contributed by atoms with Gasteiger partial charge in [0.05, 0.1) is 46.5 Å². The van der Waals surface area contributed by atoms with Crippen LogP contribution in [0.5, 0.6) is 5.75 Å². The van der Waals surface area contributed by atoms with Gasteiger partial charge < -0.3 is 14.0 Å². The molecule has 174 valence electrons. The Labute approximate surface area is 193 Å². The van der Waals surface area contributed by atoms with Crippen molar-refractivity contribution in [2.45, 2.75) is 12.6 Å². The molecule has 34 heavy (non-hydrogen) atoms. The van der Waals surface area contributed by atoms with Crippen molar-refractivity contribution < 1.29 is 14.4 Å².